The highest BCUT2D eigenvalue weighted by atomic mass is 16.5. The molecule has 0 spiro atoms. The van der Waals surface area contributed by atoms with E-state index < -0.39 is 0 Å². The number of benzene rings is 1. The number of fused-ring (bicyclic) bond motifs is 1. The van der Waals surface area contributed by atoms with Crippen molar-refractivity contribution < 1.29 is 9.26 Å². The van der Waals surface area contributed by atoms with Gasteiger partial charge in [-0.05, 0) is 19.4 Å². The van der Waals surface area contributed by atoms with E-state index >= 15 is 0 Å². The van der Waals surface area contributed by atoms with Crippen LogP contribution in [0.1, 0.15) is 29.7 Å². The van der Waals surface area contributed by atoms with E-state index in [0.717, 1.165) is 24.1 Å². The van der Waals surface area contributed by atoms with Crippen molar-refractivity contribution in [3.05, 3.63) is 52.0 Å². The Hall–Kier alpha value is -2.54. The highest BCUT2D eigenvalue weighted by Crippen LogP contribution is 2.22. The maximum atomic E-state index is 12.5. The van der Waals surface area contributed by atoms with E-state index in [-0.39, 0.29) is 18.0 Å². The number of aryl methyl sites for hydroxylation is 1. The number of hydrogen-bond donors (Lipinski definition) is 0. The first-order valence-electron chi connectivity index (χ1n) is 7.59. The van der Waals surface area contributed by atoms with Crippen molar-refractivity contribution >= 4 is 10.8 Å². The molecule has 3 heterocycles. The Morgan fingerprint density at radius 3 is 2.91 bits per heavy atom. The lowest BCUT2D eigenvalue weighted by atomic mass is 10.1. The Kier molecular flexibility index (Phi) is 3.42. The second-order valence-electron chi connectivity index (χ2n) is 5.70. The van der Waals surface area contributed by atoms with Crippen LogP contribution in [0.15, 0.2) is 33.6 Å². The van der Waals surface area contributed by atoms with E-state index in [1.165, 1.54) is 4.68 Å². The fraction of sp³-hybridized carbons (Fsp3) is 0.375. The molecule has 1 fully saturated rings. The maximum Gasteiger partial charge on any atom is 0.275 e. The number of rotatable bonds is 3. The normalized spacial score (nSPS) is 17.9. The van der Waals surface area contributed by atoms with Gasteiger partial charge in [-0.15, -0.1) is 0 Å². The Balaban J connectivity index is 1.68. The zero-order chi connectivity index (χ0) is 15.8. The summed E-state index contributed by atoms with van der Waals surface area (Å²) in [5.74, 6) is 1.20. The summed E-state index contributed by atoms with van der Waals surface area (Å²) in [7, 11) is 0. The first-order valence-corrected chi connectivity index (χ1v) is 7.59. The highest BCUT2D eigenvalue weighted by Gasteiger charge is 2.23. The minimum Gasteiger partial charge on any atom is -0.381 e. The van der Waals surface area contributed by atoms with Gasteiger partial charge in [0, 0.05) is 17.9 Å². The molecule has 2 aromatic heterocycles. The first-order chi connectivity index (χ1) is 11.2. The van der Waals surface area contributed by atoms with Crippen molar-refractivity contribution in [3.8, 4) is 0 Å². The third-order valence-corrected chi connectivity index (χ3v) is 4.12. The lowest BCUT2D eigenvalue weighted by molar-refractivity contribution is 0.192. The Labute approximate surface area is 131 Å². The predicted molar refractivity (Wildman–Crippen MR) is 82.3 cm³/mol. The molecule has 0 saturated carbocycles. The van der Waals surface area contributed by atoms with Crippen LogP contribution in [0.3, 0.4) is 0 Å². The molecule has 0 amide bonds. The zero-order valence-corrected chi connectivity index (χ0v) is 12.7. The van der Waals surface area contributed by atoms with Gasteiger partial charge in [0.25, 0.3) is 5.56 Å². The van der Waals surface area contributed by atoms with Crippen molar-refractivity contribution in [1.82, 2.24) is 19.9 Å². The monoisotopic (exact) mass is 312 g/mol. The number of nitrogens with zero attached hydrogens (tertiary/aromatic N) is 4. The van der Waals surface area contributed by atoms with E-state index in [1.54, 1.807) is 6.07 Å². The van der Waals surface area contributed by atoms with E-state index in [2.05, 4.69) is 15.2 Å². The second-order valence-corrected chi connectivity index (χ2v) is 5.70. The molecule has 3 aromatic rings. The lowest BCUT2D eigenvalue weighted by Crippen LogP contribution is -2.24. The number of ether oxygens (including phenoxy) is 1. The van der Waals surface area contributed by atoms with Gasteiger partial charge in [0.15, 0.2) is 5.82 Å². The van der Waals surface area contributed by atoms with Crippen LogP contribution < -0.4 is 5.56 Å². The van der Waals surface area contributed by atoms with Gasteiger partial charge in [0.05, 0.1) is 17.7 Å². The quantitative estimate of drug-likeness (QED) is 0.731. The molecule has 0 aliphatic carbocycles. The van der Waals surface area contributed by atoms with E-state index in [1.807, 2.05) is 25.1 Å². The molecule has 1 aromatic carbocycles. The van der Waals surface area contributed by atoms with E-state index in [9.17, 15) is 4.79 Å². The molecular weight excluding hydrogens is 296 g/mol. The summed E-state index contributed by atoms with van der Waals surface area (Å²) in [4.78, 5) is 16.9. The average Bonchev–Trinajstić information content (AvgIpc) is 3.23. The van der Waals surface area contributed by atoms with Crippen molar-refractivity contribution in [3.63, 3.8) is 0 Å². The van der Waals surface area contributed by atoms with Gasteiger partial charge in [0.1, 0.15) is 6.54 Å². The van der Waals surface area contributed by atoms with Crippen molar-refractivity contribution in [2.75, 3.05) is 13.2 Å². The summed E-state index contributed by atoms with van der Waals surface area (Å²) in [5.41, 5.74) is 0.638. The lowest BCUT2D eigenvalue weighted by Gasteiger charge is -2.06. The van der Waals surface area contributed by atoms with Crippen LogP contribution in [0.4, 0.5) is 0 Å². The van der Waals surface area contributed by atoms with Crippen molar-refractivity contribution in [1.29, 1.82) is 0 Å². The Bertz CT molecular complexity index is 909. The molecule has 7 nitrogen and oxygen atoms in total. The van der Waals surface area contributed by atoms with E-state index in [4.69, 9.17) is 9.26 Å². The summed E-state index contributed by atoms with van der Waals surface area (Å²) < 4.78 is 12.0. The van der Waals surface area contributed by atoms with Crippen LogP contribution in [-0.2, 0) is 11.3 Å². The molecule has 1 saturated heterocycles. The minimum absolute atomic E-state index is 0.157. The largest absolute Gasteiger partial charge is 0.381 e. The van der Waals surface area contributed by atoms with Gasteiger partial charge in [0.2, 0.25) is 5.89 Å². The van der Waals surface area contributed by atoms with Gasteiger partial charge in [-0.2, -0.15) is 10.1 Å². The SMILES string of the molecule is Cc1nn(Cc2nc([C@H]3CCOC3)no2)c(=O)c2ccccc12. The van der Waals surface area contributed by atoms with Gasteiger partial charge < -0.3 is 9.26 Å². The van der Waals surface area contributed by atoms with Crippen molar-refractivity contribution in [2.24, 2.45) is 0 Å². The highest BCUT2D eigenvalue weighted by molar-refractivity contribution is 5.83. The summed E-state index contributed by atoms with van der Waals surface area (Å²) in [6, 6.07) is 7.44. The molecule has 0 unspecified atom stereocenters. The van der Waals surface area contributed by atoms with Crippen LogP contribution in [-0.4, -0.2) is 33.1 Å². The molecule has 0 N–H and O–H groups in total. The molecule has 4 rings (SSSR count). The molecular formula is C16H16N4O3. The first kappa shape index (κ1) is 14.1. The third-order valence-electron chi connectivity index (χ3n) is 4.12. The van der Waals surface area contributed by atoms with Crippen molar-refractivity contribution in [2.45, 2.75) is 25.8 Å². The average molecular weight is 312 g/mol. The molecule has 1 aliphatic heterocycles. The molecule has 1 aliphatic rings. The van der Waals surface area contributed by atoms with Gasteiger partial charge in [-0.1, -0.05) is 23.4 Å². The number of hydrogen-bond acceptors (Lipinski definition) is 6. The molecule has 0 bridgehead atoms. The molecule has 118 valence electrons. The van der Waals surface area contributed by atoms with E-state index in [0.29, 0.717) is 23.7 Å². The molecule has 7 heteroatoms. The fourth-order valence-electron chi connectivity index (χ4n) is 2.88. The van der Waals surface area contributed by atoms with Gasteiger partial charge >= 0.3 is 0 Å². The Morgan fingerprint density at radius 2 is 2.13 bits per heavy atom. The topological polar surface area (TPSA) is 83.0 Å². The third kappa shape index (κ3) is 2.53. The maximum absolute atomic E-state index is 12.5. The standard InChI is InChI=1S/C16H16N4O3/c1-10-12-4-2-3-5-13(12)16(21)20(18-10)8-14-17-15(19-23-14)11-6-7-22-9-11/h2-5,11H,6-9H2,1H3/t11-/m0/s1. The zero-order valence-electron chi connectivity index (χ0n) is 12.7. The Morgan fingerprint density at radius 1 is 1.30 bits per heavy atom. The fourth-order valence-corrected chi connectivity index (χ4v) is 2.88. The second kappa shape index (κ2) is 5.58. The smallest absolute Gasteiger partial charge is 0.275 e. The molecule has 23 heavy (non-hydrogen) atoms. The van der Waals surface area contributed by atoms with Crippen LogP contribution in [0, 0.1) is 6.92 Å². The van der Waals surface area contributed by atoms with Crippen LogP contribution in [0.5, 0.6) is 0 Å². The van der Waals surface area contributed by atoms with Crippen LogP contribution >= 0.6 is 0 Å². The minimum atomic E-state index is -0.157. The van der Waals surface area contributed by atoms with Gasteiger partial charge in [-0.25, -0.2) is 4.68 Å². The predicted octanol–water partition coefficient (Wildman–Crippen LogP) is 1.64. The summed E-state index contributed by atoms with van der Waals surface area (Å²) >= 11 is 0. The van der Waals surface area contributed by atoms with Gasteiger partial charge in [-0.3, -0.25) is 4.79 Å². The molecule has 0 radical (unpaired) electrons. The summed E-state index contributed by atoms with van der Waals surface area (Å²) in [5, 5.41) is 9.86. The summed E-state index contributed by atoms with van der Waals surface area (Å²) in [6.45, 7) is 3.39. The van der Waals surface area contributed by atoms with Crippen LogP contribution in [0.25, 0.3) is 10.8 Å². The summed E-state index contributed by atoms with van der Waals surface area (Å²) in [6.07, 6.45) is 0.895. The van der Waals surface area contributed by atoms with Crippen LogP contribution in [0.2, 0.25) is 0 Å². The molecule has 1 atom stereocenters. The number of aromatic nitrogens is 4.